The Bertz CT molecular complexity index is 1080. The van der Waals surface area contributed by atoms with Crippen LogP contribution in [0.4, 0.5) is 5.88 Å². The van der Waals surface area contributed by atoms with Crippen molar-refractivity contribution in [2.45, 2.75) is 9.92 Å². The van der Waals surface area contributed by atoms with E-state index in [4.69, 9.17) is 13.9 Å². The smallest absolute Gasteiger partial charge is 0.233 e. The van der Waals surface area contributed by atoms with Gasteiger partial charge in [-0.25, -0.2) is 8.42 Å². The number of nitrogens with zero attached hydrogens (tertiary/aromatic N) is 1. The Morgan fingerprint density at radius 1 is 1.07 bits per heavy atom. The van der Waals surface area contributed by atoms with Crippen molar-refractivity contribution in [1.29, 1.82) is 0 Å². The van der Waals surface area contributed by atoms with Crippen molar-refractivity contribution in [3.8, 4) is 5.75 Å². The molecule has 7 nitrogen and oxygen atoms in total. The van der Waals surface area contributed by atoms with Gasteiger partial charge in [-0.1, -0.05) is 30.3 Å². The van der Waals surface area contributed by atoms with E-state index in [1.807, 2.05) is 24.3 Å². The number of nitrogens with one attached hydrogen (secondary N) is 1. The maximum absolute atomic E-state index is 13.0. The summed E-state index contributed by atoms with van der Waals surface area (Å²) >= 11 is 0. The number of hydrogen-bond acceptors (Lipinski definition) is 7. The zero-order valence-corrected chi connectivity index (χ0v) is 17.0. The molecule has 1 heterocycles. The topological polar surface area (TPSA) is 90.7 Å². The second-order valence-corrected chi connectivity index (χ2v) is 7.90. The first kappa shape index (κ1) is 20.6. The van der Waals surface area contributed by atoms with Gasteiger partial charge in [0.25, 0.3) is 0 Å². The first-order chi connectivity index (χ1) is 14.0. The van der Waals surface area contributed by atoms with Crippen molar-refractivity contribution in [3.05, 3.63) is 66.1 Å². The second kappa shape index (κ2) is 9.40. The molecule has 0 aliphatic carbocycles. The molecule has 0 saturated carbocycles. The van der Waals surface area contributed by atoms with E-state index in [1.54, 1.807) is 44.6 Å². The van der Waals surface area contributed by atoms with E-state index in [9.17, 15) is 8.42 Å². The molecule has 0 fully saturated rings. The van der Waals surface area contributed by atoms with Crippen LogP contribution in [0.25, 0.3) is 12.2 Å². The molecule has 0 atom stereocenters. The van der Waals surface area contributed by atoms with E-state index < -0.39 is 9.84 Å². The van der Waals surface area contributed by atoms with Crippen molar-refractivity contribution in [2.24, 2.45) is 0 Å². The highest BCUT2D eigenvalue weighted by molar-refractivity contribution is 7.91. The van der Waals surface area contributed by atoms with Gasteiger partial charge in [0.05, 0.1) is 18.6 Å². The van der Waals surface area contributed by atoms with Gasteiger partial charge in [-0.15, -0.1) is 0 Å². The van der Waals surface area contributed by atoms with Gasteiger partial charge < -0.3 is 19.2 Å². The predicted octanol–water partition coefficient (Wildman–Crippen LogP) is 3.74. The SMILES string of the molecule is COCCNc1oc(/C=C/c2cccc(OC)c2)nc1S(=O)(=O)c1ccccc1. The number of benzene rings is 2. The lowest BCUT2D eigenvalue weighted by Crippen LogP contribution is -2.11. The second-order valence-electron chi connectivity index (χ2n) is 6.03. The Morgan fingerprint density at radius 3 is 2.59 bits per heavy atom. The van der Waals surface area contributed by atoms with Crippen LogP contribution in [0.1, 0.15) is 11.5 Å². The molecule has 0 amide bonds. The molecule has 1 aromatic heterocycles. The first-order valence-electron chi connectivity index (χ1n) is 8.90. The summed E-state index contributed by atoms with van der Waals surface area (Å²) in [4.78, 5) is 4.36. The minimum atomic E-state index is -3.84. The zero-order chi connectivity index (χ0) is 20.7. The van der Waals surface area contributed by atoms with Crippen LogP contribution in [0, 0.1) is 0 Å². The predicted molar refractivity (Wildman–Crippen MR) is 111 cm³/mol. The molecule has 29 heavy (non-hydrogen) atoms. The number of hydrogen-bond donors (Lipinski definition) is 1. The lowest BCUT2D eigenvalue weighted by atomic mass is 10.2. The van der Waals surface area contributed by atoms with Crippen LogP contribution in [0.2, 0.25) is 0 Å². The van der Waals surface area contributed by atoms with Gasteiger partial charge in [-0.2, -0.15) is 4.98 Å². The molecule has 1 N–H and O–H groups in total. The van der Waals surface area contributed by atoms with Crippen LogP contribution in [-0.2, 0) is 14.6 Å². The Labute approximate surface area is 169 Å². The van der Waals surface area contributed by atoms with Crippen LogP contribution < -0.4 is 10.1 Å². The third-order valence-electron chi connectivity index (χ3n) is 4.02. The van der Waals surface area contributed by atoms with Crippen LogP contribution in [-0.4, -0.2) is 40.8 Å². The quantitative estimate of drug-likeness (QED) is 0.533. The normalized spacial score (nSPS) is 11.7. The summed E-state index contributed by atoms with van der Waals surface area (Å²) in [5.74, 6) is 0.965. The Morgan fingerprint density at radius 2 is 1.86 bits per heavy atom. The van der Waals surface area contributed by atoms with Crippen molar-refractivity contribution >= 4 is 27.9 Å². The summed E-state index contributed by atoms with van der Waals surface area (Å²) in [5.41, 5.74) is 0.865. The molecule has 3 rings (SSSR count). The lowest BCUT2D eigenvalue weighted by molar-refractivity contribution is 0.210. The number of ether oxygens (including phenoxy) is 2. The summed E-state index contributed by atoms with van der Waals surface area (Å²) in [6.07, 6.45) is 3.38. The van der Waals surface area contributed by atoms with Crippen molar-refractivity contribution in [1.82, 2.24) is 4.98 Å². The molecule has 8 heteroatoms. The molecule has 0 unspecified atom stereocenters. The van der Waals surface area contributed by atoms with Gasteiger partial charge >= 0.3 is 0 Å². The molecule has 0 radical (unpaired) electrons. The molecule has 0 spiro atoms. The lowest BCUT2D eigenvalue weighted by Gasteiger charge is -2.05. The van der Waals surface area contributed by atoms with E-state index in [0.29, 0.717) is 18.9 Å². The summed E-state index contributed by atoms with van der Waals surface area (Å²) in [7, 11) is -0.687. The van der Waals surface area contributed by atoms with Gasteiger partial charge in [-0.3, -0.25) is 0 Å². The van der Waals surface area contributed by atoms with Crippen LogP contribution in [0.3, 0.4) is 0 Å². The maximum atomic E-state index is 13.0. The van der Waals surface area contributed by atoms with Gasteiger partial charge in [0.1, 0.15) is 5.75 Å². The average molecular weight is 414 g/mol. The minimum absolute atomic E-state index is 0.0798. The molecule has 0 bridgehead atoms. The Balaban J connectivity index is 1.95. The van der Waals surface area contributed by atoms with Gasteiger partial charge in [0.15, 0.2) is 0 Å². The largest absolute Gasteiger partial charge is 0.497 e. The number of sulfone groups is 1. The van der Waals surface area contributed by atoms with Crippen LogP contribution >= 0.6 is 0 Å². The number of anilines is 1. The highest BCUT2D eigenvalue weighted by atomic mass is 32.2. The van der Waals surface area contributed by atoms with Crippen molar-refractivity contribution < 1.29 is 22.3 Å². The van der Waals surface area contributed by atoms with Crippen LogP contribution in [0.5, 0.6) is 5.75 Å². The fourth-order valence-electron chi connectivity index (χ4n) is 2.58. The standard InChI is InChI=1S/C21H22N2O5S/c1-26-14-13-22-20-21(29(24,25)18-9-4-3-5-10-18)23-19(28-20)12-11-16-7-6-8-17(15-16)27-2/h3-12,15,22H,13-14H2,1-2H3/b12-11+. The molecule has 2 aromatic carbocycles. The van der Waals surface area contributed by atoms with E-state index in [-0.39, 0.29) is 21.7 Å². The van der Waals surface area contributed by atoms with Gasteiger partial charge in [-0.05, 0) is 35.9 Å². The van der Waals surface area contributed by atoms with Gasteiger partial charge in [0.2, 0.25) is 26.6 Å². The maximum Gasteiger partial charge on any atom is 0.233 e. The van der Waals surface area contributed by atoms with Crippen LogP contribution in [0.15, 0.2) is 68.9 Å². The molecular weight excluding hydrogens is 392 g/mol. The highest BCUT2D eigenvalue weighted by Crippen LogP contribution is 2.29. The molecule has 0 saturated heterocycles. The third kappa shape index (κ3) is 5.04. The molecule has 152 valence electrons. The molecule has 0 aliphatic heterocycles. The molecular formula is C21H22N2O5S. The van der Waals surface area contributed by atoms with E-state index >= 15 is 0 Å². The van der Waals surface area contributed by atoms with E-state index in [1.165, 1.54) is 12.1 Å². The monoisotopic (exact) mass is 414 g/mol. The van der Waals surface area contributed by atoms with Gasteiger partial charge in [0, 0.05) is 19.7 Å². The third-order valence-corrected chi connectivity index (χ3v) is 5.70. The first-order valence-corrected chi connectivity index (χ1v) is 10.4. The number of rotatable bonds is 9. The fourth-order valence-corrected chi connectivity index (χ4v) is 3.88. The number of aromatic nitrogens is 1. The van der Waals surface area contributed by atoms with Crippen molar-refractivity contribution in [3.63, 3.8) is 0 Å². The van der Waals surface area contributed by atoms with E-state index in [0.717, 1.165) is 5.56 Å². The number of methoxy groups -OCH3 is 2. The zero-order valence-electron chi connectivity index (χ0n) is 16.2. The number of oxazole rings is 1. The summed E-state index contributed by atoms with van der Waals surface area (Å²) in [6, 6.07) is 15.6. The fraction of sp³-hybridized carbons (Fsp3) is 0.190. The van der Waals surface area contributed by atoms with Crippen molar-refractivity contribution in [2.75, 3.05) is 32.7 Å². The summed E-state index contributed by atoms with van der Waals surface area (Å²) in [5, 5.41) is 2.78. The summed E-state index contributed by atoms with van der Waals surface area (Å²) in [6.45, 7) is 0.766. The average Bonchev–Trinajstić information content (AvgIpc) is 3.17. The Kier molecular flexibility index (Phi) is 6.69. The minimum Gasteiger partial charge on any atom is -0.497 e. The molecule has 0 aliphatic rings. The molecule has 3 aromatic rings. The highest BCUT2D eigenvalue weighted by Gasteiger charge is 2.27. The van der Waals surface area contributed by atoms with E-state index in [2.05, 4.69) is 10.3 Å². The Hall–Kier alpha value is -3.10. The summed E-state index contributed by atoms with van der Waals surface area (Å²) < 4.78 is 41.9.